The summed E-state index contributed by atoms with van der Waals surface area (Å²) in [5.41, 5.74) is 8.07. The van der Waals surface area contributed by atoms with E-state index in [1.165, 1.54) is 17.2 Å². The van der Waals surface area contributed by atoms with Gasteiger partial charge < -0.3 is 26.0 Å². The summed E-state index contributed by atoms with van der Waals surface area (Å²) >= 11 is 0. The maximum absolute atomic E-state index is 13.1. The van der Waals surface area contributed by atoms with E-state index in [1.54, 1.807) is 0 Å². The number of nitrogens with one attached hydrogen (secondary N) is 2. The van der Waals surface area contributed by atoms with Crippen molar-refractivity contribution in [1.82, 2.24) is 29.6 Å². The first-order valence-corrected chi connectivity index (χ1v) is 14.1. The number of carbonyl (C=O) groups is 1. The highest BCUT2D eigenvalue weighted by Crippen LogP contribution is 2.32. The van der Waals surface area contributed by atoms with Crippen molar-refractivity contribution in [2.24, 2.45) is 0 Å². The zero-order valence-electron chi connectivity index (χ0n) is 21.6. The minimum absolute atomic E-state index is 0.118. The van der Waals surface area contributed by atoms with Gasteiger partial charge in [-0.2, -0.15) is 8.42 Å². The number of benzene rings is 2. The second kappa shape index (κ2) is 12.3. The molecule has 0 radical (unpaired) electrons. The Hall–Kier alpha value is -3.99. The number of ether oxygens (including phenoxy) is 1. The molecule has 5 atom stereocenters. The Morgan fingerprint density at radius 2 is 1.71 bits per heavy atom. The Morgan fingerprint density at radius 1 is 1.02 bits per heavy atom. The Labute approximate surface area is 235 Å². The van der Waals surface area contributed by atoms with E-state index in [4.69, 9.17) is 14.7 Å². The van der Waals surface area contributed by atoms with Gasteiger partial charge in [0.05, 0.1) is 19.0 Å². The van der Waals surface area contributed by atoms with Crippen molar-refractivity contribution in [2.45, 2.75) is 43.5 Å². The summed E-state index contributed by atoms with van der Waals surface area (Å²) in [5.74, 6) is -0.704. The van der Waals surface area contributed by atoms with Gasteiger partial charge in [-0.05, 0) is 17.5 Å². The fourth-order valence-corrected chi connectivity index (χ4v) is 5.24. The number of nitrogen functional groups attached to an aromatic ring is 1. The molecule has 0 unspecified atom stereocenters. The molecule has 1 amide bonds. The SMILES string of the molecule is Nc1ncnc2c1ncn2[C@@H]1O[C@H](COS(=O)(=O)NC(=O)[C@H](Cc2ccccc2)NCc2ccccc2)[C@@H](O)[C@H]1O. The van der Waals surface area contributed by atoms with Crippen LogP contribution in [0.1, 0.15) is 17.4 Å². The molecule has 0 bridgehead atoms. The molecule has 2 aromatic carbocycles. The van der Waals surface area contributed by atoms with Crippen molar-refractivity contribution in [3.05, 3.63) is 84.4 Å². The number of rotatable bonds is 11. The fourth-order valence-electron chi connectivity index (χ4n) is 4.48. The van der Waals surface area contributed by atoms with Crippen molar-refractivity contribution in [3.63, 3.8) is 0 Å². The van der Waals surface area contributed by atoms with E-state index in [1.807, 2.05) is 65.4 Å². The Kier molecular flexibility index (Phi) is 8.53. The summed E-state index contributed by atoms with van der Waals surface area (Å²) in [6, 6.07) is 17.6. The van der Waals surface area contributed by atoms with Crippen LogP contribution in [0, 0.1) is 0 Å². The number of hydrogen-bond acceptors (Lipinski definition) is 12. The second-order valence-electron chi connectivity index (χ2n) is 9.44. The first-order valence-electron chi connectivity index (χ1n) is 12.7. The van der Waals surface area contributed by atoms with Gasteiger partial charge in [-0.25, -0.2) is 19.7 Å². The van der Waals surface area contributed by atoms with Crippen LogP contribution in [0.4, 0.5) is 5.82 Å². The number of anilines is 1. The first-order chi connectivity index (χ1) is 19.7. The van der Waals surface area contributed by atoms with Crippen LogP contribution in [0.5, 0.6) is 0 Å². The van der Waals surface area contributed by atoms with E-state index < -0.39 is 53.4 Å². The summed E-state index contributed by atoms with van der Waals surface area (Å²) in [6.45, 7) is -0.352. The number of carbonyl (C=O) groups excluding carboxylic acids is 1. The molecule has 3 heterocycles. The third-order valence-electron chi connectivity index (χ3n) is 6.61. The van der Waals surface area contributed by atoms with Crippen LogP contribution in [0.2, 0.25) is 0 Å². The van der Waals surface area contributed by atoms with Crippen LogP contribution in [-0.4, -0.2) is 75.0 Å². The standard InChI is InChI=1S/C26H29N7O7S/c27-23-20-24(30-14-29-23)33(15-31-20)26-22(35)21(34)19(40-26)13-39-41(37,38)32-25(36)18(11-16-7-3-1-4-8-16)28-12-17-9-5-2-6-10-17/h1-10,14-15,18-19,21-22,26,28,34-35H,11-13H2,(H,32,36)(H2,27,29,30)/t18-,19+,21+,22+,26+/m0/s1. The van der Waals surface area contributed by atoms with Gasteiger partial charge in [-0.3, -0.25) is 13.5 Å². The van der Waals surface area contributed by atoms with Crippen LogP contribution >= 0.6 is 0 Å². The normalized spacial score (nSPS) is 21.6. The Balaban J connectivity index is 1.22. The quantitative estimate of drug-likeness (QED) is 0.156. The van der Waals surface area contributed by atoms with Gasteiger partial charge in [0, 0.05) is 6.54 Å². The van der Waals surface area contributed by atoms with E-state index in [0.29, 0.717) is 6.54 Å². The number of nitrogens with two attached hydrogens (primary N) is 1. The number of aromatic nitrogens is 4. The van der Waals surface area contributed by atoms with Gasteiger partial charge in [0.2, 0.25) is 0 Å². The predicted molar refractivity (Wildman–Crippen MR) is 146 cm³/mol. The summed E-state index contributed by atoms with van der Waals surface area (Å²) < 4.78 is 39.4. The van der Waals surface area contributed by atoms with Gasteiger partial charge in [-0.15, -0.1) is 0 Å². The lowest BCUT2D eigenvalue weighted by Crippen LogP contribution is -2.48. The first kappa shape index (κ1) is 28.5. The zero-order chi connectivity index (χ0) is 29.0. The van der Waals surface area contributed by atoms with Crippen molar-refractivity contribution in [2.75, 3.05) is 12.3 Å². The van der Waals surface area contributed by atoms with Gasteiger partial charge >= 0.3 is 10.3 Å². The van der Waals surface area contributed by atoms with Crippen LogP contribution in [0.25, 0.3) is 11.2 Å². The highest BCUT2D eigenvalue weighted by atomic mass is 32.2. The molecule has 5 rings (SSSR count). The third-order valence-corrected chi connectivity index (χ3v) is 7.50. The molecule has 1 saturated heterocycles. The number of aliphatic hydroxyl groups excluding tert-OH is 2. The summed E-state index contributed by atoms with van der Waals surface area (Å²) in [4.78, 5) is 25.1. The number of fused-ring (bicyclic) bond motifs is 1. The molecule has 1 aliphatic rings. The lowest BCUT2D eigenvalue weighted by molar-refractivity contribution is -0.121. The topological polar surface area (TPSA) is 204 Å². The number of hydrogen-bond donors (Lipinski definition) is 5. The average molecular weight is 584 g/mol. The van der Waals surface area contributed by atoms with E-state index in [9.17, 15) is 23.4 Å². The van der Waals surface area contributed by atoms with E-state index >= 15 is 0 Å². The van der Waals surface area contributed by atoms with Gasteiger partial charge in [0.25, 0.3) is 5.91 Å². The van der Waals surface area contributed by atoms with Crippen LogP contribution < -0.4 is 15.8 Å². The number of imidazole rings is 1. The van der Waals surface area contributed by atoms with E-state index in [0.717, 1.165) is 11.1 Å². The molecule has 1 aliphatic heterocycles. The van der Waals surface area contributed by atoms with Gasteiger partial charge in [0.1, 0.15) is 30.2 Å². The molecule has 216 valence electrons. The monoisotopic (exact) mass is 583 g/mol. The van der Waals surface area contributed by atoms with Crippen LogP contribution in [0.3, 0.4) is 0 Å². The van der Waals surface area contributed by atoms with Crippen molar-refractivity contribution in [1.29, 1.82) is 0 Å². The molecule has 14 nitrogen and oxygen atoms in total. The smallest absolute Gasteiger partial charge is 0.362 e. The highest BCUT2D eigenvalue weighted by Gasteiger charge is 2.45. The minimum atomic E-state index is -4.61. The minimum Gasteiger partial charge on any atom is -0.387 e. The van der Waals surface area contributed by atoms with E-state index in [-0.39, 0.29) is 23.4 Å². The van der Waals surface area contributed by atoms with Gasteiger partial charge in [-0.1, -0.05) is 60.7 Å². The molecule has 2 aromatic heterocycles. The van der Waals surface area contributed by atoms with Crippen LogP contribution in [-0.2, 0) is 37.0 Å². The second-order valence-corrected chi connectivity index (χ2v) is 10.8. The molecule has 15 heteroatoms. The molecule has 6 N–H and O–H groups in total. The molecule has 1 fully saturated rings. The van der Waals surface area contributed by atoms with Crippen molar-refractivity contribution < 1.29 is 32.3 Å². The highest BCUT2D eigenvalue weighted by molar-refractivity contribution is 7.85. The largest absolute Gasteiger partial charge is 0.387 e. The maximum Gasteiger partial charge on any atom is 0.362 e. The Morgan fingerprint density at radius 3 is 2.41 bits per heavy atom. The summed E-state index contributed by atoms with van der Waals surface area (Å²) in [5, 5.41) is 24.2. The summed E-state index contributed by atoms with van der Waals surface area (Å²) in [7, 11) is -4.61. The zero-order valence-corrected chi connectivity index (χ0v) is 22.5. The molecule has 41 heavy (non-hydrogen) atoms. The summed E-state index contributed by atoms with van der Waals surface area (Å²) in [6.07, 6.45) is -2.65. The predicted octanol–water partition coefficient (Wildman–Crippen LogP) is -0.194. The molecule has 0 spiro atoms. The lowest BCUT2D eigenvalue weighted by atomic mass is 10.1. The molecule has 0 aliphatic carbocycles. The Bertz CT molecular complexity index is 1590. The van der Waals surface area contributed by atoms with Crippen molar-refractivity contribution >= 4 is 33.2 Å². The molecular weight excluding hydrogens is 554 g/mol. The fraction of sp³-hybridized carbons (Fsp3) is 0.308. The van der Waals surface area contributed by atoms with Gasteiger partial charge in [0.15, 0.2) is 17.7 Å². The number of aliphatic hydroxyl groups is 2. The average Bonchev–Trinajstić information content (AvgIpc) is 3.52. The maximum atomic E-state index is 13.1. The number of nitrogens with zero attached hydrogens (tertiary/aromatic N) is 4. The molecule has 4 aromatic rings. The van der Waals surface area contributed by atoms with E-state index in [2.05, 4.69) is 20.3 Å². The van der Waals surface area contributed by atoms with Crippen LogP contribution in [0.15, 0.2) is 73.3 Å². The third kappa shape index (κ3) is 6.67. The lowest BCUT2D eigenvalue weighted by Gasteiger charge is -2.19. The van der Waals surface area contributed by atoms with Crippen molar-refractivity contribution in [3.8, 4) is 0 Å². The molecule has 0 saturated carbocycles. The molecular formula is C26H29N7O7S. The number of amides is 1.